The minimum atomic E-state index is 0.182. The van der Waals surface area contributed by atoms with Gasteiger partial charge in [-0.2, -0.15) is 0 Å². The third-order valence-corrected chi connectivity index (χ3v) is 5.71. The van der Waals surface area contributed by atoms with Gasteiger partial charge in [-0.05, 0) is 38.8 Å². The van der Waals surface area contributed by atoms with Crippen LogP contribution in [0.5, 0.6) is 0 Å². The van der Waals surface area contributed by atoms with Crippen LogP contribution in [-0.2, 0) is 0 Å². The molecule has 0 bridgehead atoms. The van der Waals surface area contributed by atoms with E-state index in [1.165, 1.54) is 14.8 Å². The van der Waals surface area contributed by atoms with Gasteiger partial charge in [-0.1, -0.05) is 0 Å². The highest BCUT2D eigenvalue weighted by atomic mass is 32.1. The van der Waals surface area contributed by atoms with Crippen molar-refractivity contribution in [3.05, 3.63) is 38.0 Å². The maximum absolute atomic E-state index is 12.5. The summed E-state index contributed by atoms with van der Waals surface area (Å²) in [6.07, 6.45) is 4.14. The summed E-state index contributed by atoms with van der Waals surface area (Å²) in [5.74, 6) is 0.591. The van der Waals surface area contributed by atoms with Gasteiger partial charge < -0.3 is 4.90 Å². The minimum Gasteiger partial charge on any atom is -0.337 e. The van der Waals surface area contributed by atoms with Crippen LogP contribution >= 0.6 is 22.7 Å². The van der Waals surface area contributed by atoms with Crippen LogP contribution in [0.2, 0.25) is 0 Å². The lowest BCUT2D eigenvalue weighted by atomic mass is 9.98. The molecule has 2 aromatic heterocycles. The average Bonchev–Trinajstić information content (AvgIpc) is 3.07. The van der Waals surface area contributed by atoms with E-state index in [2.05, 4.69) is 11.9 Å². The first-order valence-electron chi connectivity index (χ1n) is 6.91. The SMILES string of the molecule is Cc1ccc(C(=O)N2CCC[C@H](c3ncc(C)s3)C2)s1. The van der Waals surface area contributed by atoms with Crippen molar-refractivity contribution < 1.29 is 4.79 Å². The van der Waals surface area contributed by atoms with E-state index in [0.29, 0.717) is 5.92 Å². The van der Waals surface area contributed by atoms with E-state index in [4.69, 9.17) is 0 Å². The van der Waals surface area contributed by atoms with Crippen molar-refractivity contribution in [2.24, 2.45) is 0 Å². The van der Waals surface area contributed by atoms with Gasteiger partial charge in [0, 0.05) is 35.0 Å². The predicted octanol–water partition coefficient (Wildman–Crippen LogP) is 3.84. The molecule has 0 aromatic carbocycles. The number of carbonyl (C=O) groups excluding carboxylic acids is 1. The molecule has 1 atom stereocenters. The molecule has 3 nitrogen and oxygen atoms in total. The second-order valence-corrected chi connectivity index (χ2v) is 7.86. The Balaban J connectivity index is 1.73. The van der Waals surface area contributed by atoms with E-state index in [1.807, 2.05) is 30.2 Å². The number of nitrogens with zero attached hydrogens (tertiary/aromatic N) is 2. The second-order valence-electron chi connectivity index (χ2n) is 5.31. The van der Waals surface area contributed by atoms with E-state index in [-0.39, 0.29) is 5.91 Å². The van der Waals surface area contributed by atoms with Crippen molar-refractivity contribution in [3.8, 4) is 0 Å². The van der Waals surface area contributed by atoms with Crippen molar-refractivity contribution in [2.75, 3.05) is 13.1 Å². The third-order valence-electron chi connectivity index (χ3n) is 3.65. The van der Waals surface area contributed by atoms with Gasteiger partial charge in [0.25, 0.3) is 5.91 Å². The van der Waals surface area contributed by atoms with Crippen LogP contribution in [0.15, 0.2) is 18.3 Å². The van der Waals surface area contributed by atoms with E-state index < -0.39 is 0 Å². The fourth-order valence-corrected chi connectivity index (χ4v) is 4.36. The number of aromatic nitrogens is 1. The number of hydrogen-bond acceptors (Lipinski definition) is 4. The Morgan fingerprint density at radius 2 is 2.15 bits per heavy atom. The monoisotopic (exact) mass is 306 g/mol. The first kappa shape index (κ1) is 13.8. The zero-order valence-corrected chi connectivity index (χ0v) is 13.4. The van der Waals surface area contributed by atoms with Crippen LogP contribution in [0.1, 0.15) is 43.2 Å². The number of carbonyl (C=O) groups is 1. The molecule has 2 aromatic rings. The predicted molar refractivity (Wildman–Crippen MR) is 83.8 cm³/mol. The number of likely N-dealkylation sites (tertiary alicyclic amines) is 1. The van der Waals surface area contributed by atoms with Crippen molar-refractivity contribution in [1.29, 1.82) is 0 Å². The Hall–Kier alpha value is -1.20. The Kier molecular flexibility index (Phi) is 3.89. The molecule has 3 heterocycles. The first-order chi connectivity index (χ1) is 9.63. The van der Waals surface area contributed by atoms with E-state index in [9.17, 15) is 4.79 Å². The largest absolute Gasteiger partial charge is 0.337 e. The van der Waals surface area contributed by atoms with Crippen molar-refractivity contribution in [3.63, 3.8) is 0 Å². The van der Waals surface area contributed by atoms with Crippen LogP contribution in [0, 0.1) is 13.8 Å². The fraction of sp³-hybridized carbons (Fsp3) is 0.467. The van der Waals surface area contributed by atoms with Crippen LogP contribution in [0.4, 0.5) is 0 Å². The van der Waals surface area contributed by atoms with Gasteiger partial charge in [0.15, 0.2) is 0 Å². The summed E-state index contributed by atoms with van der Waals surface area (Å²) in [5, 5.41) is 1.18. The average molecular weight is 306 g/mol. The highest BCUT2D eigenvalue weighted by molar-refractivity contribution is 7.14. The molecule has 1 aliphatic heterocycles. The zero-order valence-electron chi connectivity index (χ0n) is 11.8. The quantitative estimate of drug-likeness (QED) is 0.844. The Morgan fingerprint density at radius 3 is 2.80 bits per heavy atom. The summed E-state index contributed by atoms with van der Waals surface area (Å²) < 4.78 is 0. The molecule has 1 saturated heterocycles. The molecule has 1 aliphatic rings. The first-order valence-corrected chi connectivity index (χ1v) is 8.55. The molecular weight excluding hydrogens is 288 g/mol. The molecule has 1 amide bonds. The highest BCUT2D eigenvalue weighted by Crippen LogP contribution is 2.31. The van der Waals surface area contributed by atoms with Gasteiger partial charge in [0.1, 0.15) is 0 Å². The lowest BCUT2D eigenvalue weighted by Crippen LogP contribution is -2.38. The Labute approximate surface area is 127 Å². The molecular formula is C15H18N2OS2. The molecule has 1 fully saturated rings. The highest BCUT2D eigenvalue weighted by Gasteiger charge is 2.27. The lowest BCUT2D eigenvalue weighted by molar-refractivity contribution is 0.0712. The van der Waals surface area contributed by atoms with Crippen LogP contribution in [0.25, 0.3) is 0 Å². The number of piperidine rings is 1. The number of rotatable bonds is 2. The maximum atomic E-state index is 12.5. The summed E-state index contributed by atoms with van der Waals surface area (Å²) >= 11 is 3.35. The number of hydrogen-bond donors (Lipinski definition) is 0. The van der Waals surface area contributed by atoms with Gasteiger partial charge in [0.2, 0.25) is 0 Å². The molecule has 0 unspecified atom stereocenters. The summed E-state index contributed by atoms with van der Waals surface area (Å²) in [6.45, 7) is 5.81. The van der Waals surface area contributed by atoms with Gasteiger partial charge in [-0.25, -0.2) is 4.98 Å². The summed E-state index contributed by atoms with van der Waals surface area (Å²) in [7, 11) is 0. The molecule has 20 heavy (non-hydrogen) atoms. The Bertz CT molecular complexity index is 617. The number of amides is 1. The molecule has 5 heteroatoms. The molecule has 0 N–H and O–H groups in total. The summed E-state index contributed by atoms with van der Waals surface area (Å²) in [6, 6.07) is 3.96. The standard InChI is InChI=1S/C15H18N2OS2/c1-10-5-6-13(19-10)15(18)17-7-3-4-12(9-17)14-16-8-11(2)20-14/h5-6,8,12H,3-4,7,9H2,1-2H3/t12-/m0/s1. The second kappa shape index (κ2) is 5.66. The van der Waals surface area contributed by atoms with E-state index in [1.54, 1.807) is 22.7 Å². The van der Waals surface area contributed by atoms with Gasteiger partial charge in [0.05, 0.1) is 9.88 Å². The maximum Gasteiger partial charge on any atom is 0.263 e. The summed E-state index contributed by atoms with van der Waals surface area (Å²) in [4.78, 5) is 22.3. The molecule has 3 rings (SSSR count). The normalized spacial score (nSPS) is 19.3. The topological polar surface area (TPSA) is 33.2 Å². The van der Waals surface area contributed by atoms with Gasteiger partial charge in [-0.15, -0.1) is 22.7 Å². The molecule has 0 aliphatic carbocycles. The number of aryl methyl sites for hydroxylation is 2. The number of thiazole rings is 1. The zero-order chi connectivity index (χ0) is 14.1. The minimum absolute atomic E-state index is 0.182. The van der Waals surface area contributed by atoms with E-state index >= 15 is 0 Å². The van der Waals surface area contributed by atoms with Gasteiger partial charge in [-0.3, -0.25) is 4.79 Å². The van der Waals surface area contributed by atoms with E-state index in [0.717, 1.165) is 30.8 Å². The molecule has 0 spiro atoms. The third kappa shape index (κ3) is 2.79. The van der Waals surface area contributed by atoms with Crippen molar-refractivity contribution in [1.82, 2.24) is 9.88 Å². The fourth-order valence-electron chi connectivity index (χ4n) is 2.63. The van der Waals surface area contributed by atoms with Crippen LogP contribution < -0.4 is 0 Å². The van der Waals surface area contributed by atoms with Crippen LogP contribution in [0.3, 0.4) is 0 Å². The molecule has 0 radical (unpaired) electrons. The smallest absolute Gasteiger partial charge is 0.263 e. The van der Waals surface area contributed by atoms with Crippen molar-refractivity contribution >= 4 is 28.6 Å². The van der Waals surface area contributed by atoms with Crippen LogP contribution in [-0.4, -0.2) is 28.9 Å². The van der Waals surface area contributed by atoms with Crippen molar-refractivity contribution in [2.45, 2.75) is 32.6 Å². The number of thiophene rings is 1. The molecule has 106 valence electrons. The molecule has 0 saturated carbocycles. The Morgan fingerprint density at radius 1 is 1.30 bits per heavy atom. The lowest BCUT2D eigenvalue weighted by Gasteiger charge is -2.31. The van der Waals surface area contributed by atoms with Gasteiger partial charge >= 0.3 is 0 Å². The summed E-state index contributed by atoms with van der Waals surface area (Å²) in [5.41, 5.74) is 0.